The Morgan fingerprint density at radius 3 is 3.33 bits per heavy atom. The first kappa shape index (κ1) is 9.12. The summed E-state index contributed by atoms with van der Waals surface area (Å²) in [6.45, 7) is 1.98. The fourth-order valence-corrected chi connectivity index (χ4v) is 2.62. The summed E-state index contributed by atoms with van der Waals surface area (Å²) in [6.07, 6.45) is 3.17. The average molecular weight is 220 g/mol. The Morgan fingerprint density at radius 1 is 1.47 bits per heavy atom. The topological polar surface area (TPSA) is 34.1 Å². The van der Waals surface area contributed by atoms with Crippen LogP contribution in [0.2, 0.25) is 0 Å². The van der Waals surface area contributed by atoms with E-state index >= 15 is 0 Å². The van der Waals surface area contributed by atoms with Gasteiger partial charge >= 0.3 is 0 Å². The number of hydrogen-bond donors (Lipinski definition) is 1. The smallest absolute Gasteiger partial charge is 0.222 e. The quantitative estimate of drug-likeness (QED) is 0.841. The van der Waals surface area contributed by atoms with E-state index in [1.54, 1.807) is 11.3 Å². The highest BCUT2D eigenvalue weighted by atomic mass is 32.1. The molecule has 0 spiro atoms. The molecule has 3 nitrogen and oxygen atoms in total. The maximum Gasteiger partial charge on any atom is 0.222 e. The number of aromatic nitrogens is 1. The van der Waals surface area contributed by atoms with Gasteiger partial charge in [0, 0.05) is 17.4 Å². The number of ether oxygens (including phenoxy) is 1. The maximum atomic E-state index is 5.88. The zero-order valence-corrected chi connectivity index (χ0v) is 9.09. The van der Waals surface area contributed by atoms with Crippen LogP contribution in [0.4, 0.5) is 0 Å². The van der Waals surface area contributed by atoms with Gasteiger partial charge in [0.25, 0.3) is 0 Å². The van der Waals surface area contributed by atoms with Gasteiger partial charge in [0.2, 0.25) is 5.88 Å². The number of pyridine rings is 1. The molecule has 1 atom stereocenters. The van der Waals surface area contributed by atoms with Gasteiger partial charge in [-0.1, -0.05) is 0 Å². The highest BCUT2D eigenvalue weighted by Crippen LogP contribution is 2.28. The fourth-order valence-electron chi connectivity index (χ4n) is 1.85. The Balaban J connectivity index is 1.92. The van der Waals surface area contributed by atoms with Crippen LogP contribution in [0.1, 0.15) is 6.42 Å². The lowest BCUT2D eigenvalue weighted by molar-refractivity contribution is 0.217. The van der Waals surface area contributed by atoms with Crippen LogP contribution in [-0.4, -0.2) is 24.2 Å². The van der Waals surface area contributed by atoms with Crippen molar-refractivity contribution in [3.63, 3.8) is 0 Å². The minimum atomic E-state index is 0.281. The second-order valence-corrected chi connectivity index (χ2v) is 4.63. The van der Waals surface area contributed by atoms with Crippen molar-refractivity contribution in [3.05, 3.63) is 23.7 Å². The normalized spacial score (nSPS) is 20.9. The SMILES string of the molecule is c1cc2sccc2c(OC2CCNC2)n1. The molecule has 3 rings (SSSR count). The van der Waals surface area contributed by atoms with Gasteiger partial charge in [-0.3, -0.25) is 0 Å². The van der Waals surface area contributed by atoms with Crippen molar-refractivity contribution >= 4 is 21.4 Å². The largest absolute Gasteiger partial charge is 0.472 e. The van der Waals surface area contributed by atoms with E-state index in [0.29, 0.717) is 0 Å². The molecule has 1 saturated heterocycles. The van der Waals surface area contributed by atoms with Crippen LogP contribution in [0.15, 0.2) is 23.7 Å². The van der Waals surface area contributed by atoms with E-state index in [-0.39, 0.29) is 6.10 Å². The van der Waals surface area contributed by atoms with Crippen LogP contribution < -0.4 is 10.1 Å². The van der Waals surface area contributed by atoms with Gasteiger partial charge in [-0.15, -0.1) is 11.3 Å². The van der Waals surface area contributed by atoms with Gasteiger partial charge in [0.05, 0.1) is 5.39 Å². The maximum absolute atomic E-state index is 5.88. The molecular weight excluding hydrogens is 208 g/mol. The first-order chi connectivity index (χ1) is 7.43. The summed E-state index contributed by atoms with van der Waals surface area (Å²) < 4.78 is 7.12. The summed E-state index contributed by atoms with van der Waals surface area (Å²) in [5, 5.41) is 6.49. The zero-order chi connectivity index (χ0) is 10.1. The molecule has 2 aromatic rings. The highest BCUT2D eigenvalue weighted by molar-refractivity contribution is 7.17. The van der Waals surface area contributed by atoms with E-state index in [0.717, 1.165) is 30.8 Å². The zero-order valence-electron chi connectivity index (χ0n) is 8.27. The Kier molecular flexibility index (Phi) is 2.31. The Morgan fingerprint density at radius 2 is 2.47 bits per heavy atom. The van der Waals surface area contributed by atoms with Gasteiger partial charge < -0.3 is 10.1 Å². The molecule has 1 aliphatic rings. The number of fused-ring (bicyclic) bond motifs is 1. The molecule has 1 unspecified atom stereocenters. The van der Waals surface area contributed by atoms with Crippen molar-refractivity contribution in [2.24, 2.45) is 0 Å². The first-order valence-electron chi connectivity index (χ1n) is 5.13. The molecular formula is C11H12N2OS. The predicted molar refractivity (Wildman–Crippen MR) is 61.5 cm³/mol. The van der Waals surface area contributed by atoms with E-state index in [1.807, 2.05) is 12.3 Å². The van der Waals surface area contributed by atoms with Gasteiger partial charge in [-0.05, 0) is 30.5 Å². The molecule has 2 aromatic heterocycles. The van der Waals surface area contributed by atoms with E-state index < -0.39 is 0 Å². The summed E-state index contributed by atoms with van der Waals surface area (Å²) in [7, 11) is 0. The van der Waals surface area contributed by atoms with Crippen LogP contribution in [0.5, 0.6) is 5.88 Å². The second-order valence-electron chi connectivity index (χ2n) is 3.68. The van der Waals surface area contributed by atoms with Crippen molar-refractivity contribution in [1.82, 2.24) is 10.3 Å². The third kappa shape index (κ3) is 1.70. The second kappa shape index (κ2) is 3.79. The number of rotatable bonds is 2. The van der Waals surface area contributed by atoms with Gasteiger partial charge in [-0.2, -0.15) is 0 Å². The summed E-state index contributed by atoms with van der Waals surface area (Å²) in [5.41, 5.74) is 0. The molecule has 0 saturated carbocycles. The molecule has 0 bridgehead atoms. The molecule has 0 aromatic carbocycles. The molecule has 0 amide bonds. The monoisotopic (exact) mass is 220 g/mol. The Bertz CT molecular complexity index is 462. The lowest BCUT2D eigenvalue weighted by Gasteiger charge is -2.11. The first-order valence-corrected chi connectivity index (χ1v) is 6.01. The van der Waals surface area contributed by atoms with Gasteiger partial charge in [0.15, 0.2) is 0 Å². The molecule has 0 aliphatic carbocycles. The third-order valence-corrected chi connectivity index (χ3v) is 3.52. The molecule has 78 valence electrons. The van der Waals surface area contributed by atoms with E-state index in [2.05, 4.69) is 21.7 Å². The van der Waals surface area contributed by atoms with Gasteiger partial charge in [-0.25, -0.2) is 4.98 Å². The molecule has 15 heavy (non-hydrogen) atoms. The summed E-state index contributed by atoms with van der Waals surface area (Å²) >= 11 is 1.72. The van der Waals surface area contributed by atoms with Crippen LogP contribution in [0.25, 0.3) is 10.1 Å². The molecule has 3 heterocycles. The highest BCUT2D eigenvalue weighted by Gasteiger charge is 2.17. The predicted octanol–water partition coefficient (Wildman–Crippen LogP) is 2.04. The molecule has 0 radical (unpaired) electrons. The summed E-state index contributed by atoms with van der Waals surface area (Å²) in [6, 6.07) is 4.10. The Hall–Kier alpha value is -1.13. The number of hydrogen-bond acceptors (Lipinski definition) is 4. The number of nitrogens with zero attached hydrogens (tertiary/aromatic N) is 1. The van der Waals surface area contributed by atoms with Crippen molar-refractivity contribution in [2.45, 2.75) is 12.5 Å². The van der Waals surface area contributed by atoms with Crippen molar-refractivity contribution in [3.8, 4) is 5.88 Å². The molecule has 1 N–H and O–H groups in total. The van der Waals surface area contributed by atoms with Crippen molar-refractivity contribution < 1.29 is 4.74 Å². The summed E-state index contributed by atoms with van der Waals surface area (Å²) in [5.74, 6) is 0.780. The van der Waals surface area contributed by atoms with Crippen LogP contribution >= 0.6 is 11.3 Å². The van der Waals surface area contributed by atoms with Crippen LogP contribution in [0.3, 0.4) is 0 Å². The molecule has 4 heteroatoms. The van der Waals surface area contributed by atoms with E-state index in [9.17, 15) is 0 Å². The summed E-state index contributed by atoms with van der Waals surface area (Å²) in [4.78, 5) is 4.30. The third-order valence-electron chi connectivity index (χ3n) is 2.64. The lowest BCUT2D eigenvalue weighted by atomic mass is 10.3. The molecule has 1 aliphatic heterocycles. The minimum Gasteiger partial charge on any atom is -0.472 e. The Labute approximate surface area is 92.1 Å². The average Bonchev–Trinajstić information content (AvgIpc) is 2.87. The fraction of sp³-hybridized carbons (Fsp3) is 0.364. The number of nitrogens with one attached hydrogen (secondary N) is 1. The number of thiophene rings is 1. The van der Waals surface area contributed by atoms with E-state index in [4.69, 9.17) is 4.74 Å². The molecule has 1 fully saturated rings. The van der Waals surface area contributed by atoms with Crippen LogP contribution in [-0.2, 0) is 0 Å². The van der Waals surface area contributed by atoms with Gasteiger partial charge in [0.1, 0.15) is 6.10 Å². The van der Waals surface area contributed by atoms with E-state index in [1.165, 1.54) is 4.70 Å². The van der Waals surface area contributed by atoms with Crippen molar-refractivity contribution in [1.29, 1.82) is 0 Å². The minimum absolute atomic E-state index is 0.281. The lowest BCUT2D eigenvalue weighted by Crippen LogP contribution is -2.20. The van der Waals surface area contributed by atoms with Crippen molar-refractivity contribution in [2.75, 3.05) is 13.1 Å². The van der Waals surface area contributed by atoms with Crippen LogP contribution in [0, 0.1) is 0 Å². The standard InChI is InChI=1S/C11H12N2OS/c1-4-12-7-8(1)14-11-9-3-6-15-10(9)2-5-13-11/h2-3,5-6,8,12H,1,4,7H2.